The number of benzene rings is 2. The molecule has 0 saturated heterocycles. The van der Waals surface area contributed by atoms with Crippen LogP contribution >= 0.6 is 23.4 Å². The van der Waals surface area contributed by atoms with E-state index in [1.54, 1.807) is 6.92 Å². The summed E-state index contributed by atoms with van der Waals surface area (Å²) in [6.45, 7) is 4.19. The van der Waals surface area contributed by atoms with Crippen molar-refractivity contribution in [1.82, 2.24) is 15.3 Å². The van der Waals surface area contributed by atoms with Crippen LogP contribution in [0.2, 0.25) is 5.02 Å². The van der Waals surface area contributed by atoms with E-state index in [-0.39, 0.29) is 17.9 Å². The summed E-state index contributed by atoms with van der Waals surface area (Å²) in [6, 6.07) is 15.5. The third-order valence-corrected chi connectivity index (χ3v) is 5.59. The molecular formula is C22H22ClN3O2S. The molecule has 0 bridgehead atoms. The van der Waals surface area contributed by atoms with E-state index in [1.807, 2.05) is 55.5 Å². The monoisotopic (exact) mass is 427 g/mol. The molecule has 0 spiro atoms. The average molecular weight is 428 g/mol. The van der Waals surface area contributed by atoms with E-state index < -0.39 is 0 Å². The van der Waals surface area contributed by atoms with Crippen molar-refractivity contribution in [3.63, 3.8) is 0 Å². The van der Waals surface area contributed by atoms with Gasteiger partial charge in [0.15, 0.2) is 5.16 Å². The minimum absolute atomic E-state index is 0.000726. The molecule has 1 aromatic heterocycles. The molecule has 2 N–H and O–H groups in total. The Morgan fingerprint density at radius 2 is 1.90 bits per heavy atom. The number of amides is 1. The maximum Gasteiger partial charge on any atom is 0.255 e. The third kappa shape index (κ3) is 6.21. The second-order valence-corrected chi connectivity index (χ2v) is 8.19. The minimum atomic E-state index is -0.281. The zero-order valence-corrected chi connectivity index (χ0v) is 17.9. The molecule has 7 heteroatoms. The number of H-pyrrole nitrogens is 1. The zero-order valence-electron chi connectivity index (χ0n) is 16.3. The highest BCUT2D eigenvalue weighted by molar-refractivity contribution is 7.98. The van der Waals surface area contributed by atoms with Gasteiger partial charge in [-0.05, 0) is 37.1 Å². The van der Waals surface area contributed by atoms with E-state index in [0.717, 1.165) is 11.1 Å². The Hall–Kier alpha value is -2.57. The number of thioether (sulfide) groups is 1. The number of halogens is 1. The minimum Gasteiger partial charge on any atom is -0.352 e. The van der Waals surface area contributed by atoms with Gasteiger partial charge in [-0.2, -0.15) is 0 Å². The molecule has 0 aliphatic heterocycles. The second kappa shape index (κ2) is 9.76. The van der Waals surface area contributed by atoms with Crippen LogP contribution < -0.4 is 10.9 Å². The van der Waals surface area contributed by atoms with Crippen molar-refractivity contribution in [1.29, 1.82) is 0 Å². The molecule has 1 heterocycles. The normalized spacial score (nSPS) is 10.7. The Morgan fingerprint density at radius 3 is 2.59 bits per heavy atom. The van der Waals surface area contributed by atoms with Crippen molar-refractivity contribution in [2.45, 2.75) is 37.7 Å². The van der Waals surface area contributed by atoms with Crippen LogP contribution in [0, 0.1) is 13.8 Å². The van der Waals surface area contributed by atoms with E-state index in [9.17, 15) is 9.59 Å². The fourth-order valence-electron chi connectivity index (χ4n) is 2.77. The largest absolute Gasteiger partial charge is 0.352 e. The molecule has 3 aromatic rings. The Bertz CT molecular complexity index is 1060. The van der Waals surface area contributed by atoms with Crippen LogP contribution in [0.5, 0.6) is 0 Å². The van der Waals surface area contributed by atoms with E-state index in [0.29, 0.717) is 33.7 Å². The van der Waals surface area contributed by atoms with Crippen molar-refractivity contribution >= 4 is 29.3 Å². The van der Waals surface area contributed by atoms with Crippen LogP contribution in [-0.4, -0.2) is 15.9 Å². The third-order valence-electron chi connectivity index (χ3n) is 4.41. The number of hydrogen-bond donors (Lipinski definition) is 2. The van der Waals surface area contributed by atoms with Gasteiger partial charge in [-0.25, -0.2) is 4.98 Å². The molecule has 0 aliphatic rings. The number of aromatic amines is 1. The summed E-state index contributed by atoms with van der Waals surface area (Å²) >= 11 is 7.42. The van der Waals surface area contributed by atoms with Gasteiger partial charge in [0.05, 0.1) is 6.42 Å². The van der Waals surface area contributed by atoms with Gasteiger partial charge in [-0.1, -0.05) is 65.3 Å². The molecule has 0 atom stereocenters. The molecular weight excluding hydrogens is 406 g/mol. The molecule has 0 saturated carbocycles. The number of carbonyl (C=O) groups is 1. The standard InChI is InChI=1S/C22H22ClN3O2S/c1-14-6-8-16(9-7-14)12-24-20(27)11-19-15(2)25-22(26-21(19)28)29-13-17-4-3-5-18(23)10-17/h3-10H,11-13H2,1-2H3,(H,24,27)(H,25,26,28). The molecule has 0 radical (unpaired) electrons. The first kappa shape index (κ1) is 21.1. The number of nitrogens with one attached hydrogen (secondary N) is 2. The number of rotatable bonds is 7. The molecule has 3 rings (SSSR count). The Balaban J connectivity index is 1.60. The van der Waals surface area contributed by atoms with Crippen LogP contribution in [0.3, 0.4) is 0 Å². The van der Waals surface area contributed by atoms with E-state index in [2.05, 4.69) is 15.3 Å². The fraction of sp³-hybridized carbons (Fsp3) is 0.227. The van der Waals surface area contributed by atoms with Crippen molar-refractivity contribution in [2.75, 3.05) is 0 Å². The summed E-state index contributed by atoms with van der Waals surface area (Å²) in [5, 5.41) is 4.05. The van der Waals surface area contributed by atoms with Crippen molar-refractivity contribution in [2.24, 2.45) is 0 Å². The molecule has 1 amide bonds. The Morgan fingerprint density at radius 1 is 1.14 bits per heavy atom. The second-order valence-electron chi connectivity index (χ2n) is 6.79. The molecule has 2 aromatic carbocycles. The summed E-state index contributed by atoms with van der Waals surface area (Å²) in [5.74, 6) is 0.430. The number of carbonyl (C=O) groups excluding carboxylic acids is 1. The Kier molecular flexibility index (Phi) is 7.12. The molecule has 150 valence electrons. The lowest BCUT2D eigenvalue weighted by Crippen LogP contribution is -2.28. The van der Waals surface area contributed by atoms with Crippen molar-refractivity contribution in [3.05, 3.63) is 91.9 Å². The maximum atomic E-state index is 12.5. The van der Waals surface area contributed by atoms with Gasteiger partial charge in [0.25, 0.3) is 5.56 Å². The Labute approximate surface area is 178 Å². The lowest BCUT2D eigenvalue weighted by molar-refractivity contribution is -0.120. The number of nitrogens with zero attached hydrogens (tertiary/aromatic N) is 1. The van der Waals surface area contributed by atoms with Gasteiger partial charge in [0.1, 0.15) is 0 Å². The maximum absolute atomic E-state index is 12.5. The lowest BCUT2D eigenvalue weighted by atomic mass is 10.1. The molecule has 0 fully saturated rings. The van der Waals surface area contributed by atoms with Gasteiger partial charge in [0, 0.05) is 28.6 Å². The first-order valence-electron chi connectivity index (χ1n) is 9.20. The number of aryl methyl sites for hydroxylation is 2. The first-order valence-corrected chi connectivity index (χ1v) is 10.6. The fourth-order valence-corrected chi connectivity index (χ4v) is 3.83. The van der Waals surface area contributed by atoms with E-state index in [4.69, 9.17) is 11.6 Å². The number of hydrogen-bond acceptors (Lipinski definition) is 4. The summed E-state index contributed by atoms with van der Waals surface area (Å²) in [4.78, 5) is 32.0. The summed E-state index contributed by atoms with van der Waals surface area (Å²) < 4.78 is 0. The van der Waals surface area contributed by atoms with Crippen LogP contribution in [0.4, 0.5) is 0 Å². The van der Waals surface area contributed by atoms with Crippen LogP contribution in [0.1, 0.15) is 27.9 Å². The highest BCUT2D eigenvalue weighted by atomic mass is 35.5. The van der Waals surface area contributed by atoms with Gasteiger partial charge in [0.2, 0.25) is 5.91 Å². The lowest BCUT2D eigenvalue weighted by Gasteiger charge is -2.09. The molecule has 0 unspecified atom stereocenters. The van der Waals surface area contributed by atoms with Crippen LogP contribution in [-0.2, 0) is 23.5 Å². The van der Waals surface area contributed by atoms with Crippen molar-refractivity contribution in [3.8, 4) is 0 Å². The van der Waals surface area contributed by atoms with Gasteiger partial charge < -0.3 is 10.3 Å². The predicted octanol–water partition coefficient (Wildman–Crippen LogP) is 4.19. The zero-order chi connectivity index (χ0) is 20.8. The smallest absolute Gasteiger partial charge is 0.255 e. The van der Waals surface area contributed by atoms with Gasteiger partial charge in [-0.3, -0.25) is 9.59 Å². The van der Waals surface area contributed by atoms with Gasteiger partial charge in [-0.15, -0.1) is 0 Å². The molecule has 29 heavy (non-hydrogen) atoms. The highest BCUT2D eigenvalue weighted by Crippen LogP contribution is 2.21. The average Bonchev–Trinajstić information content (AvgIpc) is 2.69. The number of aromatic nitrogens is 2. The topological polar surface area (TPSA) is 74.8 Å². The first-order chi connectivity index (χ1) is 13.9. The summed E-state index contributed by atoms with van der Waals surface area (Å²) in [5.41, 5.74) is 3.90. The SMILES string of the molecule is Cc1ccc(CNC(=O)Cc2c(C)nc(SCc3cccc(Cl)c3)[nH]c2=O)cc1. The highest BCUT2D eigenvalue weighted by Gasteiger charge is 2.13. The summed E-state index contributed by atoms with van der Waals surface area (Å²) in [6.07, 6.45) is -0.000726. The molecule has 5 nitrogen and oxygen atoms in total. The van der Waals surface area contributed by atoms with Crippen LogP contribution in [0.15, 0.2) is 58.5 Å². The molecule has 0 aliphatic carbocycles. The van der Waals surface area contributed by atoms with Crippen molar-refractivity contribution < 1.29 is 4.79 Å². The summed E-state index contributed by atoms with van der Waals surface area (Å²) in [7, 11) is 0. The van der Waals surface area contributed by atoms with E-state index in [1.165, 1.54) is 17.3 Å². The predicted molar refractivity (Wildman–Crippen MR) is 117 cm³/mol. The van der Waals surface area contributed by atoms with Gasteiger partial charge >= 0.3 is 0 Å². The quantitative estimate of drug-likeness (QED) is 0.438. The van der Waals surface area contributed by atoms with E-state index >= 15 is 0 Å². The van der Waals surface area contributed by atoms with Crippen LogP contribution in [0.25, 0.3) is 0 Å².